The fraction of sp³-hybridized carbons (Fsp3) is 0.962. The average molecular weight is 465 g/mol. The van der Waals surface area contributed by atoms with Crippen molar-refractivity contribution in [3.05, 3.63) is 0 Å². The number of hydrogen-bond donors (Lipinski definition) is 3. The van der Waals surface area contributed by atoms with E-state index in [1.54, 1.807) is 0 Å². The first-order valence-electron chi connectivity index (χ1n) is 13.6. The maximum atomic E-state index is 13.8. The van der Waals surface area contributed by atoms with Crippen molar-refractivity contribution in [3.8, 4) is 0 Å². The van der Waals surface area contributed by atoms with E-state index in [1.807, 2.05) is 11.8 Å². The van der Waals surface area contributed by atoms with Crippen LogP contribution in [0.2, 0.25) is 0 Å². The molecule has 0 aromatic carbocycles. The summed E-state index contributed by atoms with van der Waals surface area (Å²) in [6.45, 7) is 5.77. The Morgan fingerprint density at radius 1 is 1.03 bits per heavy atom. The Labute approximate surface area is 198 Å². The van der Waals surface area contributed by atoms with Crippen LogP contribution in [0.3, 0.4) is 0 Å². The summed E-state index contributed by atoms with van der Waals surface area (Å²) >= 11 is 0. The molecule has 7 heteroatoms. The summed E-state index contributed by atoms with van der Waals surface area (Å²) in [6, 6.07) is 0.907. The molecule has 0 aromatic heterocycles. The molecular weight excluding hydrogens is 420 g/mol. The number of amides is 1. The number of carbonyl (C=O) groups is 1. The minimum Gasteiger partial charge on any atom is -0.393 e. The molecule has 3 N–H and O–H groups in total. The van der Waals surface area contributed by atoms with Gasteiger partial charge in [-0.25, -0.2) is 0 Å². The molecule has 3 aliphatic carbocycles. The summed E-state index contributed by atoms with van der Waals surface area (Å²) in [6.07, 6.45) is 8.09. The molecular formula is C26H44N2O5. The summed E-state index contributed by atoms with van der Waals surface area (Å²) in [5.74, 6) is 0.868. The molecule has 0 radical (unpaired) electrons. The normalized spacial score (nSPS) is 42.7. The number of likely N-dealkylation sites (tertiary alicyclic amines) is 1. The van der Waals surface area contributed by atoms with Crippen molar-refractivity contribution in [2.75, 3.05) is 32.9 Å². The van der Waals surface area contributed by atoms with E-state index in [-0.39, 0.29) is 18.2 Å². The second-order valence-corrected chi connectivity index (χ2v) is 11.7. The van der Waals surface area contributed by atoms with E-state index in [0.717, 1.165) is 26.3 Å². The first kappa shape index (κ1) is 24.0. The minimum absolute atomic E-state index is 0.0371. The first-order chi connectivity index (χ1) is 16.0. The van der Waals surface area contributed by atoms with Crippen LogP contribution in [0.1, 0.15) is 64.7 Å². The van der Waals surface area contributed by atoms with Gasteiger partial charge in [-0.1, -0.05) is 32.6 Å². The lowest BCUT2D eigenvalue weighted by atomic mass is 9.75. The van der Waals surface area contributed by atoms with Crippen molar-refractivity contribution in [2.45, 2.75) is 95.1 Å². The van der Waals surface area contributed by atoms with Crippen molar-refractivity contribution in [1.82, 2.24) is 10.2 Å². The Kier molecular flexibility index (Phi) is 7.62. The summed E-state index contributed by atoms with van der Waals surface area (Å²) < 4.78 is 11.7. The highest BCUT2D eigenvalue weighted by molar-refractivity contribution is 5.80. The van der Waals surface area contributed by atoms with Crippen LogP contribution in [0.5, 0.6) is 0 Å². The van der Waals surface area contributed by atoms with Gasteiger partial charge in [0.25, 0.3) is 0 Å². The number of nitrogens with one attached hydrogen (secondary N) is 1. The van der Waals surface area contributed by atoms with Crippen LogP contribution in [0.15, 0.2) is 0 Å². The molecule has 8 unspecified atom stereocenters. The number of ether oxygens (including phenoxy) is 2. The van der Waals surface area contributed by atoms with Gasteiger partial charge in [-0.15, -0.1) is 0 Å². The van der Waals surface area contributed by atoms with E-state index in [4.69, 9.17) is 9.47 Å². The Bertz CT molecular complexity index is 667. The van der Waals surface area contributed by atoms with Crippen molar-refractivity contribution >= 4 is 5.91 Å². The highest BCUT2D eigenvalue weighted by Gasteiger charge is 2.50. The van der Waals surface area contributed by atoms with Crippen LogP contribution in [0.25, 0.3) is 0 Å². The van der Waals surface area contributed by atoms with Crippen LogP contribution in [-0.2, 0) is 14.3 Å². The molecule has 2 saturated heterocycles. The lowest BCUT2D eigenvalue weighted by molar-refractivity contribution is -0.169. The minimum atomic E-state index is -0.844. The Morgan fingerprint density at radius 2 is 1.82 bits per heavy atom. The molecule has 1 amide bonds. The van der Waals surface area contributed by atoms with Crippen LogP contribution in [0, 0.1) is 29.6 Å². The predicted molar refractivity (Wildman–Crippen MR) is 125 cm³/mol. The molecule has 8 atom stereocenters. The van der Waals surface area contributed by atoms with Gasteiger partial charge in [0.05, 0.1) is 43.5 Å². The number of fused-ring (bicyclic) bond motifs is 1. The largest absolute Gasteiger partial charge is 0.393 e. The number of aliphatic hydroxyl groups is 2. The molecule has 5 aliphatic rings. The Balaban J connectivity index is 1.25. The van der Waals surface area contributed by atoms with Gasteiger partial charge in [-0.3, -0.25) is 4.79 Å². The van der Waals surface area contributed by atoms with Gasteiger partial charge < -0.3 is 29.9 Å². The third kappa shape index (κ3) is 5.13. The lowest BCUT2D eigenvalue weighted by Gasteiger charge is -2.43. The van der Waals surface area contributed by atoms with Gasteiger partial charge in [-0.2, -0.15) is 0 Å². The van der Waals surface area contributed by atoms with Crippen LogP contribution in [-0.4, -0.2) is 84.3 Å². The van der Waals surface area contributed by atoms with E-state index >= 15 is 0 Å². The summed E-state index contributed by atoms with van der Waals surface area (Å²) in [4.78, 5) is 15.8. The number of rotatable bonds is 6. The van der Waals surface area contributed by atoms with E-state index in [9.17, 15) is 15.0 Å². The van der Waals surface area contributed by atoms with E-state index in [1.165, 1.54) is 51.4 Å². The first-order valence-corrected chi connectivity index (χ1v) is 13.6. The van der Waals surface area contributed by atoms with Crippen LogP contribution >= 0.6 is 0 Å². The maximum Gasteiger partial charge on any atom is 0.230 e. The average Bonchev–Trinajstić information content (AvgIpc) is 3.23. The SMILES string of the molecule is CC1C(O)CC(O)C(C(=O)N2CC3CCCC(NC4COC4)C3C2)C1OCC1CCCCC1. The molecule has 2 aliphatic heterocycles. The highest BCUT2D eigenvalue weighted by atomic mass is 16.5. The zero-order chi connectivity index (χ0) is 22.9. The lowest BCUT2D eigenvalue weighted by Crippen LogP contribution is -2.56. The zero-order valence-electron chi connectivity index (χ0n) is 20.2. The van der Waals surface area contributed by atoms with Gasteiger partial charge in [0, 0.05) is 38.1 Å². The van der Waals surface area contributed by atoms with E-state index < -0.39 is 24.2 Å². The smallest absolute Gasteiger partial charge is 0.230 e. The van der Waals surface area contributed by atoms with Gasteiger partial charge >= 0.3 is 0 Å². The number of nitrogens with zero attached hydrogens (tertiary/aromatic N) is 1. The van der Waals surface area contributed by atoms with Crippen molar-refractivity contribution < 1.29 is 24.5 Å². The number of hydrogen-bond acceptors (Lipinski definition) is 6. The quantitative estimate of drug-likeness (QED) is 0.557. The molecule has 5 fully saturated rings. The third-order valence-corrected chi connectivity index (χ3v) is 9.41. The van der Waals surface area contributed by atoms with Gasteiger partial charge in [0.1, 0.15) is 0 Å². The predicted octanol–water partition coefficient (Wildman–Crippen LogP) is 1.95. The summed E-state index contributed by atoms with van der Waals surface area (Å²) in [7, 11) is 0. The molecule has 5 rings (SSSR count). The molecule has 3 saturated carbocycles. The summed E-state index contributed by atoms with van der Waals surface area (Å²) in [5.41, 5.74) is 0. The molecule has 188 valence electrons. The fourth-order valence-corrected chi connectivity index (χ4v) is 7.24. The molecule has 2 heterocycles. The topological polar surface area (TPSA) is 91.3 Å². The Hall–Kier alpha value is -0.730. The van der Waals surface area contributed by atoms with E-state index in [2.05, 4.69) is 5.32 Å². The monoisotopic (exact) mass is 464 g/mol. The van der Waals surface area contributed by atoms with Gasteiger partial charge in [0.2, 0.25) is 5.91 Å². The third-order valence-electron chi connectivity index (χ3n) is 9.41. The summed E-state index contributed by atoms with van der Waals surface area (Å²) in [5, 5.41) is 25.3. The van der Waals surface area contributed by atoms with Crippen molar-refractivity contribution in [3.63, 3.8) is 0 Å². The second kappa shape index (κ2) is 10.5. The molecule has 0 aromatic rings. The number of aliphatic hydroxyl groups excluding tert-OH is 2. The zero-order valence-corrected chi connectivity index (χ0v) is 20.2. The van der Waals surface area contributed by atoms with Crippen LogP contribution < -0.4 is 5.32 Å². The molecule has 33 heavy (non-hydrogen) atoms. The fourth-order valence-electron chi connectivity index (χ4n) is 7.24. The van der Waals surface area contributed by atoms with Gasteiger partial charge in [0.15, 0.2) is 0 Å². The molecule has 0 spiro atoms. The van der Waals surface area contributed by atoms with Crippen LogP contribution in [0.4, 0.5) is 0 Å². The maximum absolute atomic E-state index is 13.8. The Morgan fingerprint density at radius 3 is 2.55 bits per heavy atom. The standard InChI is InChI=1S/C26H44N2O5/c1-16-22(29)10-23(30)24(25(16)33-13-17-6-3-2-4-7-17)26(31)28-11-18-8-5-9-21(20(18)12-28)27-19-14-32-15-19/h16-25,27,29-30H,2-15H2,1H3. The highest BCUT2D eigenvalue weighted by Crippen LogP contribution is 2.40. The van der Waals surface area contributed by atoms with E-state index in [0.29, 0.717) is 36.4 Å². The van der Waals surface area contributed by atoms with Gasteiger partial charge in [-0.05, 0) is 43.4 Å². The van der Waals surface area contributed by atoms with Crippen molar-refractivity contribution in [2.24, 2.45) is 29.6 Å². The second-order valence-electron chi connectivity index (χ2n) is 11.7. The molecule has 0 bridgehead atoms. The number of carbonyl (C=O) groups excluding carboxylic acids is 1. The molecule has 7 nitrogen and oxygen atoms in total. The van der Waals surface area contributed by atoms with Crippen molar-refractivity contribution in [1.29, 1.82) is 0 Å².